The van der Waals surface area contributed by atoms with Crippen molar-refractivity contribution in [3.8, 4) is 0 Å². The van der Waals surface area contributed by atoms with Crippen LogP contribution in [0.3, 0.4) is 0 Å². The number of azide groups is 1. The number of alkyl halides is 1. The van der Waals surface area contributed by atoms with Crippen molar-refractivity contribution in [1.29, 1.82) is 0 Å². The van der Waals surface area contributed by atoms with Crippen molar-refractivity contribution in [2.45, 2.75) is 50.1 Å². The molecule has 1 aromatic carbocycles. The van der Waals surface area contributed by atoms with Crippen LogP contribution >= 0.6 is 0 Å². The summed E-state index contributed by atoms with van der Waals surface area (Å²) in [6.45, 7) is 1.38. The lowest BCUT2D eigenvalue weighted by Gasteiger charge is -2.49. The summed E-state index contributed by atoms with van der Waals surface area (Å²) in [7, 11) is 1.39. The van der Waals surface area contributed by atoms with E-state index >= 15 is 0 Å². The SMILES string of the molecule is C/N=N\N(C(C)F)[C@H]1[C@H]2O[C@@H](c3ccccc3)OC[C@H]2OC(N=[N+]=[N-])[C@@H]1O. The fourth-order valence-electron chi connectivity index (χ4n) is 3.30. The van der Waals surface area contributed by atoms with E-state index in [0.29, 0.717) is 0 Å². The van der Waals surface area contributed by atoms with Crippen molar-refractivity contribution >= 4 is 0 Å². The minimum atomic E-state index is -1.57. The van der Waals surface area contributed by atoms with Gasteiger partial charge in [0.1, 0.15) is 24.4 Å². The molecule has 0 amide bonds. The molecule has 2 aliphatic heterocycles. The molecule has 2 unspecified atom stereocenters. The molecule has 0 spiro atoms. The number of halogens is 1. The van der Waals surface area contributed by atoms with Crippen molar-refractivity contribution in [3.05, 3.63) is 46.3 Å². The van der Waals surface area contributed by atoms with Crippen LogP contribution in [-0.2, 0) is 14.2 Å². The first-order valence-electron chi connectivity index (χ1n) is 8.48. The van der Waals surface area contributed by atoms with E-state index in [0.717, 1.165) is 10.6 Å². The summed E-state index contributed by atoms with van der Waals surface area (Å²) in [6, 6.07) is 8.24. The predicted octanol–water partition coefficient (Wildman–Crippen LogP) is 2.48. The van der Waals surface area contributed by atoms with Crippen LogP contribution in [-0.4, -0.2) is 60.6 Å². The molecule has 10 nitrogen and oxygen atoms in total. The summed E-state index contributed by atoms with van der Waals surface area (Å²) in [5.74, 6) is 0. The molecule has 0 aromatic heterocycles. The van der Waals surface area contributed by atoms with Crippen LogP contribution in [0.15, 0.2) is 45.8 Å². The van der Waals surface area contributed by atoms with Crippen LogP contribution in [0.1, 0.15) is 18.8 Å². The highest BCUT2D eigenvalue weighted by atomic mass is 19.1. The van der Waals surface area contributed by atoms with Crippen LogP contribution in [0.4, 0.5) is 4.39 Å². The van der Waals surface area contributed by atoms with E-state index in [2.05, 4.69) is 20.4 Å². The number of aliphatic hydroxyl groups excluding tert-OH is 1. The third-order valence-corrected chi connectivity index (χ3v) is 4.45. The zero-order valence-electron chi connectivity index (χ0n) is 14.9. The maximum absolute atomic E-state index is 14.2. The Bertz CT molecular complexity index is 701. The second-order valence-corrected chi connectivity index (χ2v) is 6.17. The topological polar surface area (TPSA) is 125 Å². The molecule has 11 heteroatoms. The number of fused-ring (bicyclic) bond motifs is 1. The summed E-state index contributed by atoms with van der Waals surface area (Å²) in [5.41, 5.74) is 9.51. The fraction of sp³-hybridized carbons (Fsp3) is 0.625. The Hall–Kier alpha value is -2.30. The number of hydrogen-bond acceptors (Lipinski definition) is 7. The van der Waals surface area contributed by atoms with Gasteiger partial charge in [0.2, 0.25) is 0 Å². The van der Waals surface area contributed by atoms with Crippen LogP contribution < -0.4 is 0 Å². The number of rotatable bonds is 5. The Kier molecular flexibility index (Phi) is 6.19. The number of aliphatic hydroxyl groups is 1. The van der Waals surface area contributed by atoms with Crippen molar-refractivity contribution in [1.82, 2.24) is 5.01 Å². The fourth-order valence-corrected chi connectivity index (χ4v) is 3.30. The Morgan fingerprint density at radius 3 is 2.70 bits per heavy atom. The predicted molar refractivity (Wildman–Crippen MR) is 90.8 cm³/mol. The van der Waals surface area contributed by atoms with Gasteiger partial charge in [0.05, 0.1) is 13.7 Å². The quantitative estimate of drug-likeness (QED) is 0.276. The van der Waals surface area contributed by atoms with Crippen molar-refractivity contribution in [3.63, 3.8) is 0 Å². The summed E-state index contributed by atoms with van der Waals surface area (Å²) in [5, 5.41) is 22.6. The van der Waals surface area contributed by atoms with E-state index in [1.165, 1.54) is 14.0 Å². The molecule has 2 fully saturated rings. The smallest absolute Gasteiger partial charge is 0.186 e. The molecule has 0 radical (unpaired) electrons. The first kappa shape index (κ1) is 19.5. The second-order valence-electron chi connectivity index (χ2n) is 6.17. The molecular formula is C16H21FN6O4. The minimum Gasteiger partial charge on any atom is -0.388 e. The molecule has 0 bridgehead atoms. The van der Waals surface area contributed by atoms with Gasteiger partial charge in [-0.05, 0) is 12.5 Å². The van der Waals surface area contributed by atoms with Gasteiger partial charge in [-0.2, -0.15) is 5.11 Å². The molecule has 2 saturated heterocycles. The van der Waals surface area contributed by atoms with Crippen molar-refractivity contribution in [2.24, 2.45) is 15.5 Å². The average molecular weight is 380 g/mol. The van der Waals surface area contributed by atoms with Gasteiger partial charge in [0, 0.05) is 10.5 Å². The number of ether oxygens (including phenoxy) is 3. The molecule has 146 valence electrons. The summed E-state index contributed by atoms with van der Waals surface area (Å²) in [6.07, 6.45) is -6.34. The van der Waals surface area contributed by atoms with Crippen LogP contribution in [0.5, 0.6) is 0 Å². The lowest BCUT2D eigenvalue weighted by atomic mass is 9.93. The van der Waals surface area contributed by atoms with Crippen LogP contribution in [0, 0.1) is 0 Å². The minimum absolute atomic E-state index is 0.114. The normalized spacial score (nSPS) is 34.5. The highest BCUT2D eigenvalue weighted by molar-refractivity contribution is 5.17. The van der Waals surface area contributed by atoms with Crippen LogP contribution in [0.2, 0.25) is 0 Å². The van der Waals surface area contributed by atoms with E-state index in [1.807, 2.05) is 30.3 Å². The molecule has 1 aromatic rings. The highest BCUT2D eigenvalue weighted by Crippen LogP contribution is 2.37. The third kappa shape index (κ3) is 4.02. The Labute approximate surface area is 155 Å². The van der Waals surface area contributed by atoms with Gasteiger partial charge in [-0.3, -0.25) is 0 Å². The van der Waals surface area contributed by atoms with Gasteiger partial charge in [-0.25, -0.2) is 9.40 Å². The number of hydrogen-bond donors (Lipinski definition) is 1. The average Bonchev–Trinajstić information content (AvgIpc) is 2.68. The second kappa shape index (κ2) is 8.59. The van der Waals surface area contributed by atoms with Crippen LogP contribution in [0.25, 0.3) is 10.4 Å². The van der Waals surface area contributed by atoms with Gasteiger partial charge in [0.15, 0.2) is 18.8 Å². The van der Waals surface area contributed by atoms with Crippen molar-refractivity contribution < 1.29 is 23.7 Å². The first-order chi connectivity index (χ1) is 13.1. The molecule has 3 rings (SSSR count). The molecule has 0 aliphatic carbocycles. The molecule has 2 heterocycles. The van der Waals surface area contributed by atoms with Gasteiger partial charge in [-0.1, -0.05) is 40.7 Å². The van der Waals surface area contributed by atoms with E-state index in [4.69, 9.17) is 19.7 Å². The molecule has 7 atom stereocenters. The molecular weight excluding hydrogens is 359 g/mol. The van der Waals surface area contributed by atoms with E-state index in [1.54, 1.807) is 0 Å². The van der Waals surface area contributed by atoms with Gasteiger partial charge < -0.3 is 19.3 Å². The molecule has 1 N–H and O–H groups in total. The molecule has 2 aliphatic rings. The van der Waals surface area contributed by atoms with E-state index < -0.39 is 43.2 Å². The Morgan fingerprint density at radius 1 is 1.33 bits per heavy atom. The maximum atomic E-state index is 14.2. The summed E-state index contributed by atoms with van der Waals surface area (Å²) >= 11 is 0. The van der Waals surface area contributed by atoms with Gasteiger partial charge >= 0.3 is 0 Å². The number of nitrogens with zero attached hydrogens (tertiary/aromatic N) is 6. The molecule has 0 saturated carbocycles. The van der Waals surface area contributed by atoms with Gasteiger partial charge in [-0.15, -0.1) is 0 Å². The molecule has 27 heavy (non-hydrogen) atoms. The summed E-state index contributed by atoms with van der Waals surface area (Å²) < 4.78 is 31.6. The maximum Gasteiger partial charge on any atom is 0.186 e. The van der Waals surface area contributed by atoms with Gasteiger partial charge in [0.25, 0.3) is 0 Å². The lowest BCUT2D eigenvalue weighted by Crippen LogP contribution is -2.66. The number of benzene rings is 1. The highest BCUT2D eigenvalue weighted by Gasteiger charge is 2.52. The zero-order chi connectivity index (χ0) is 19.4. The Morgan fingerprint density at radius 2 is 2.07 bits per heavy atom. The summed E-state index contributed by atoms with van der Waals surface area (Å²) in [4.78, 5) is 2.69. The van der Waals surface area contributed by atoms with E-state index in [-0.39, 0.29) is 6.61 Å². The standard InChI is InChI=1S/C16H21FN6O4/c1-9(17)23(22-19-2)12-13(24)15(20-21-18)26-11-8-25-16(27-14(11)12)10-6-4-3-5-7-10/h3-7,9,11-16,24H,8H2,1-2H3/b22-19-/t9?,11-,12-,13-,14+,15?,16+/m1/s1. The zero-order valence-corrected chi connectivity index (χ0v) is 14.9. The monoisotopic (exact) mass is 380 g/mol. The third-order valence-electron chi connectivity index (χ3n) is 4.45. The van der Waals surface area contributed by atoms with Crippen molar-refractivity contribution in [2.75, 3.05) is 13.7 Å². The first-order valence-corrected chi connectivity index (χ1v) is 8.48. The largest absolute Gasteiger partial charge is 0.388 e. The lowest BCUT2D eigenvalue weighted by molar-refractivity contribution is -0.323. The Balaban J connectivity index is 1.93. The van der Waals surface area contributed by atoms with E-state index in [9.17, 15) is 9.50 Å².